The molecule has 1 aromatic carbocycles. The Bertz CT molecular complexity index is 289. The molecule has 0 radical (unpaired) electrons. The molecular weight excluding hydrogens is 228 g/mol. The van der Waals surface area contributed by atoms with Gasteiger partial charge in [0.1, 0.15) is 5.75 Å². The molecule has 0 saturated heterocycles. The van der Waals surface area contributed by atoms with Crippen LogP contribution in [0.5, 0.6) is 5.75 Å². The molecule has 1 unspecified atom stereocenters. The van der Waals surface area contributed by atoms with Crippen LogP contribution in [0.1, 0.15) is 6.92 Å². The number of aliphatic hydroxyl groups excluding tert-OH is 1. The molecule has 0 fully saturated rings. The molecule has 0 amide bonds. The van der Waals surface area contributed by atoms with Crippen molar-refractivity contribution in [1.82, 2.24) is 0 Å². The monoisotopic (exact) mass is 244 g/mol. The van der Waals surface area contributed by atoms with Crippen LogP contribution in [0.3, 0.4) is 0 Å². The zero-order valence-corrected chi connectivity index (χ0v) is 10.1. The quantitative estimate of drug-likeness (QED) is 0.791. The van der Waals surface area contributed by atoms with Gasteiger partial charge in [-0.05, 0) is 17.9 Å². The molecule has 0 aliphatic heterocycles. The summed E-state index contributed by atoms with van der Waals surface area (Å²) in [5.74, 6) is 0.359. The Labute approximate surface area is 99.2 Å². The largest absolute Gasteiger partial charge is 0.497 e. The average molecular weight is 244 g/mol. The van der Waals surface area contributed by atoms with Gasteiger partial charge in [0, 0.05) is 0 Å². The molecule has 5 heteroatoms. The van der Waals surface area contributed by atoms with Crippen molar-refractivity contribution >= 4 is 17.7 Å². The molecule has 0 saturated carbocycles. The fourth-order valence-corrected chi connectivity index (χ4v) is 1.24. The third-order valence-corrected chi connectivity index (χ3v) is 2.37. The van der Waals surface area contributed by atoms with Crippen molar-refractivity contribution in [2.75, 3.05) is 12.9 Å². The van der Waals surface area contributed by atoms with Crippen LogP contribution in [-0.4, -0.2) is 34.5 Å². The van der Waals surface area contributed by atoms with Crippen molar-refractivity contribution < 1.29 is 19.7 Å². The summed E-state index contributed by atoms with van der Waals surface area (Å²) < 4.78 is 4.91. The van der Waals surface area contributed by atoms with Crippen LogP contribution in [0.25, 0.3) is 0 Å². The van der Waals surface area contributed by atoms with Crippen molar-refractivity contribution in [2.45, 2.75) is 12.4 Å². The summed E-state index contributed by atoms with van der Waals surface area (Å²) in [4.78, 5) is 9.82. The highest BCUT2D eigenvalue weighted by Crippen LogP contribution is 2.06. The van der Waals surface area contributed by atoms with Gasteiger partial charge in [0.15, 0.2) is 5.44 Å². The maximum absolute atomic E-state index is 9.82. The van der Waals surface area contributed by atoms with Gasteiger partial charge in [-0.25, -0.2) is 4.79 Å². The predicted molar refractivity (Wildman–Crippen MR) is 64.8 cm³/mol. The Hall–Kier alpha value is -1.20. The number of hydrogen-bond donors (Lipinski definition) is 2. The lowest BCUT2D eigenvalue weighted by molar-refractivity contribution is -0.141. The summed E-state index contributed by atoms with van der Waals surface area (Å²) in [7, 11) is 1.66. The molecule has 90 valence electrons. The second-order valence-electron chi connectivity index (χ2n) is 2.66. The van der Waals surface area contributed by atoms with Gasteiger partial charge in [0.25, 0.3) is 0 Å². The lowest BCUT2D eigenvalue weighted by Crippen LogP contribution is -2.14. The number of benzene rings is 1. The van der Waals surface area contributed by atoms with Crippen LogP contribution < -0.4 is 4.74 Å². The Morgan fingerprint density at radius 3 is 2.25 bits per heavy atom. The van der Waals surface area contributed by atoms with E-state index in [1.54, 1.807) is 14.0 Å². The number of aliphatic hydroxyl groups is 1. The van der Waals surface area contributed by atoms with Gasteiger partial charge in [-0.1, -0.05) is 25.1 Å². The Kier molecular flexibility index (Phi) is 8.38. The minimum Gasteiger partial charge on any atom is -0.497 e. The van der Waals surface area contributed by atoms with Crippen molar-refractivity contribution in [3.63, 3.8) is 0 Å². The zero-order valence-electron chi connectivity index (χ0n) is 9.29. The molecule has 0 aromatic heterocycles. The van der Waals surface area contributed by atoms with E-state index in [0.717, 1.165) is 17.5 Å². The molecule has 4 nitrogen and oxygen atoms in total. The molecule has 0 aliphatic carbocycles. The topological polar surface area (TPSA) is 66.8 Å². The van der Waals surface area contributed by atoms with Crippen molar-refractivity contribution in [1.29, 1.82) is 0 Å². The molecule has 0 spiro atoms. The average Bonchev–Trinajstić information content (AvgIpc) is 2.31. The number of carboxylic acids is 1. The minimum atomic E-state index is -1.25. The zero-order chi connectivity index (χ0) is 12.4. The first-order valence-electron chi connectivity index (χ1n) is 4.73. The van der Waals surface area contributed by atoms with Gasteiger partial charge in [-0.15, -0.1) is 11.8 Å². The summed E-state index contributed by atoms with van der Waals surface area (Å²) in [5, 5.41) is 16.5. The van der Waals surface area contributed by atoms with Gasteiger partial charge in [-0.2, -0.15) is 0 Å². The maximum atomic E-state index is 9.82. The van der Waals surface area contributed by atoms with Crippen LogP contribution in [-0.2, 0) is 4.79 Å². The van der Waals surface area contributed by atoms with E-state index in [0.29, 0.717) is 5.75 Å². The van der Waals surface area contributed by atoms with Crippen LogP contribution in [0.2, 0.25) is 0 Å². The van der Waals surface area contributed by atoms with Crippen LogP contribution in [0, 0.1) is 0 Å². The number of ether oxygens (including phenoxy) is 1. The smallest absolute Gasteiger partial charge is 0.343 e. The second kappa shape index (κ2) is 9.06. The van der Waals surface area contributed by atoms with Gasteiger partial charge in [-0.3, -0.25) is 0 Å². The highest BCUT2D eigenvalue weighted by molar-refractivity contribution is 8.00. The van der Waals surface area contributed by atoms with Crippen molar-refractivity contribution in [3.8, 4) is 5.75 Å². The molecule has 1 rings (SSSR count). The standard InChI is InChI=1S/C7H8O.C4H8O3S/c1-8-7-5-3-2-4-6-7;1-2-8-4(7)3(5)6/h2-6H,1H3;4,7H,2H2,1H3,(H,5,6). The molecule has 16 heavy (non-hydrogen) atoms. The van der Waals surface area contributed by atoms with E-state index in [2.05, 4.69) is 0 Å². The summed E-state index contributed by atoms with van der Waals surface area (Å²) >= 11 is 0.995. The normalized spacial score (nSPS) is 10.9. The van der Waals surface area contributed by atoms with E-state index in [-0.39, 0.29) is 0 Å². The van der Waals surface area contributed by atoms with Crippen LogP contribution in [0.4, 0.5) is 0 Å². The van der Waals surface area contributed by atoms with E-state index >= 15 is 0 Å². The minimum absolute atomic E-state index is 0.619. The second-order valence-corrected chi connectivity index (χ2v) is 4.02. The molecule has 0 heterocycles. The van der Waals surface area contributed by atoms with Gasteiger partial charge < -0.3 is 14.9 Å². The molecule has 0 bridgehead atoms. The number of aliphatic carboxylic acids is 1. The summed E-state index contributed by atoms with van der Waals surface area (Å²) in [6.07, 6.45) is 0. The van der Waals surface area contributed by atoms with Crippen molar-refractivity contribution in [2.24, 2.45) is 0 Å². The number of methoxy groups -OCH3 is 1. The first-order valence-corrected chi connectivity index (χ1v) is 5.78. The first kappa shape index (κ1) is 14.8. The van der Waals surface area contributed by atoms with Gasteiger partial charge in [0.2, 0.25) is 0 Å². The molecular formula is C11H16O4S. The SMILES string of the molecule is CCSC(O)C(=O)O.COc1ccccc1. The molecule has 1 atom stereocenters. The van der Waals surface area contributed by atoms with E-state index < -0.39 is 11.4 Å². The summed E-state index contributed by atoms with van der Waals surface area (Å²) in [5.41, 5.74) is -1.25. The number of thioether (sulfide) groups is 1. The molecule has 2 N–H and O–H groups in total. The Balaban J connectivity index is 0.000000281. The van der Waals surface area contributed by atoms with E-state index in [1.807, 2.05) is 30.3 Å². The maximum Gasteiger partial charge on any atom is 0.343 e. The predicted octanol–water partition coefficient (Wildman–Crippen LogP) is 1.84. The lowest BCUT2D eigenvalue weighted by Gasteiger charge is -1.99. The fourth-order valence-electron chi connectivity index (χ4n) is 0.786. The van der Waals surface area contributed by atoms with Crippen LogP contribution >= 0.6 is 11.8 Å². The Morgan fingerprint density at radius 1 is 1.44 bits per heavy atom. The third kappa shape index (κ3) is 7.14. The number of carbonyl (C=O) groups is 1. The lowest BCUT2D eigenvalue weighted by atomic mass is 10.3. The first-order chi connectivity index (χ1) is 7.61. The summed E-state index contributed by atoms with van der Waals surface area (Å²) in [6.45, 7) is 1.79. The van der Waals surface area contributed by atoms with E-state index in [1.165, 1.54) is 0 Å². The highest BCUT2D eigenvalue weighted by atomic mass is 32.2. The number of para-hydroxylation sites is 1. The van der Waals surface area contributed by atoms with Crippen molar-refractivity contribution in [3.05, 3.63) is 30.3 Å². The van der Waals surface area contributed by atoms with Gasteiger partial charge >= 0.3 is 5.97 Å². The number of carboxylic acid groups (broad SMARTS) is 1. The molecule has 1 aromatic rings. The Morgan fingerprint density at radius 2 is 2.00 bits per heavy atom. The fraction of sp³-hybridized carbons (Fsp3) is 0.364. The van der Waals surface area contributed by atoms with E-state index in [4.69, 9.17) is 14.9 Å². The number of hydrogen-bond acceptors (Lipinski definition) is 4. The molecule has 0 aliphatic rings. The third-order valence-electron chi connectivity index (χ3n) is 1.51. The van der Waals surface area contributed by atoms with Crippen LogP contribution in [0.15, 0.2) is 30.3 Å². The number of rotatable bonds is 4. The van der Waals surface area contributed by atoms with Gasteiger partial charge in [0.05, 0.1) is 7.11 Å². The summed E-state index contributed by atoms with van der Waals surface area (Å²) in [6, 6.07) is 9.68. The van der Waals surface area contributed by atoms with E-state index in [9.17, 15) is 4.79 Å². The highest BCUT2D eigenvalue weighted by Gasteiger charge is 2.10.